The minimum Gasteiger partial charge on any atom is -0.497 e. The molecule has 12 heteroatoms. The second-order valence-electron chi connectivity index (χ2n) is 18.1. The Morgan fingerprint density at radius 3 is 2.59 bits per heavy atom. The van der Waals surface area contributed by atoms with Gasteiger partial charge in [0.2, 0.25) is 17.6 Å². The summed E-state index contributed by atoms with van der Waals surface area (Å²) in [4.78, 5) is 22.7. The minimum absolute atomic E-state index is 0.0419. The zero-order chi connectivity index (χ0) is 45.6. The van der Waals surface area contributed by atoms with Gasteiger partial charge in [-0.15, -0.1) is 0 Å². The molecule has 2 aromatic heterocycles. The van der Waals surface area contributed by atoms with E-state index in [1.807, 2.05) is 19.1 Å². The lowest BCUT2D eigenvalue weighted by Gasteiger charge is -2.33. The van der Waals surface area contributed by atoms with Gasteiger partial charge in [0, 0.05) is 90.1 Å². The van der Waals surface area contributed by atoms with E-state index in [0.717, 1.165) is 160 Å². The number of nitrogens with one attached hydrogen (secondary N) is 2. The summed E-state index contributed by atoms with van der Waals surface area (Å²) in [5.74, 6) is 3.83. The molecular formula is C54H66N7O5+. The predicted molar refractivity (Wildman–Crippen MR) is 263 cm³/mol. The largest absolute Gasteiger partial charge is 0.497 e. The topological polar surface area (TPSA) is 110 Å². The van der Waals surface area contributed by atoms with E-state index in [9.17, 15) is 4.79 Å². The van der Waals surface area contributed by atoms with Crippen molar-refractivity contribution < 1.29 is 28.3 Å². The summed E-state index contributed by atoms with van der Waals surface area (Å²) in [6, 6.07) is 28.0. The van der Waals surface area contributed by atoms with E-state index in [1.165, 1.54) is 22.3 Å². The number of unbranched alkanes of at least 4 members (excludes halogenated alkanes) is 1. The maximum Gasteiger partial charge on any atom is 0.237 e. The molecule has 4 aromatic carbocycles. The van der Waals surface area contributed by atoms with Gasteiger partial charge in [0.25, 0.3) is 0 Å². The molecule has 66 heavy (non-hydrogen) atoms. The molecule has 2 N–H and O–H groups in total. The SMILES string of the molecule is CCCOc1ccc(CCc2nc3cc(-c4c(C)o[n+](C5CCN(CCC/C=C/c6cccc7c6N[C@H](C)CC(=O)N7)c6cc(OC)ccc65)c4C)ccc3n2CCN2CCOCC2)cc1. The van der Waals surface area contributed by atoms with Crippen molar-refractivity contribution in [2.75, 3.05) is 75.2 Å². The van der Waals surface area contributed by atoms with E-state index in [2.05, 4.69) is 129 Å². The molecule has 0 bridgehead atoms. The number of hydrogen-bond donors (Lipinski definition) is 2. The number of anilines is 3. The number of rotatable bonds is 17. The quantitative estimate of drug-likeness (QED) is 0.0684. The fourth-order valence-electron chi connectivity index (χ4n) is 10.0. The number of fused-ring (bicyclic) bond motifs is 3. The fourth-order valence-corrected chi connectivity index (χ4v) is 10.0. The van der Waals surface area contributed by atoms with Gasteiger partial charge in [0.05, 0.1) is 60.6 Å². The zero-order valence-corrected chi connectivity index (χ0v) is 39.4. The Hall–Kier alpha value is -6.11. The van der Waals surface area contributed by atoms with Gasteiger partial charge < -0.3 is 34.3 Å². The molecule has 1 amide bonds. The number of methoxy groups -OCH3 is 1. The standard InChI is InChI=1S/C54H65N7O5/c1-6-31-65-43-18-14-40(15-19-43)16-23-51-56-47-35-42(17-22-49(47)60(51)28-27-58-29-32-64-33-30-58)53-38(3)61(66-39(53)4)48-24-26-59(50-36-44(63-5)20-21-45(48)50)25-9-7-8-11-41-12-10-13-46-54(41)55-37(2)34-52(62)57-46/h8,10-15,17-22,35-37,48,55H,6-7,9,16,23-34H2,1-5H3/p+1/b11-8+/t37-,48?/m1/s1. The number of para-hydroxylation sites is 1. The molecule has 1 unspecified atom stereocenters. The van der Waals surface area contributed by atoms with Crippen LogP contribution in [0.2, 0.25) is 0 Å². The Morgan fingerprint density at radius 1 is 0.939 bits per heavy atom. The fraction of sp³-hybridized carbons (Fsp3) is 0.426. The highest BCUT2D eigenvalue weighted by Crippen LogP contribution is 2.39. The Balaban J connectivity index is 0.928. The number of allylic oxidation sites excluding steroid dienone is 1. The maximum absolute atomic E-state index is 12.3. The lowest BCUT2D eigenvalue weighted by molar-refractivity contribution is -0.881. The first kappa shape index (κ1) is 45.1. The molecule has 346 valence electrons. The normalized spacial score (nSPS) is 17.7. The number of aryl methyl sites for hydroxylation is 3. The Kier molecular flexibility index (Phi) is 14.1. The summed E-state index contributed by atoms with van der Waals surface area (Å²) in [6.45, 7) is 16.4. The Bertz CT molecular complexity index is 2660. The summed E-state index contributed by atoms with van der Waals surface area (Å²) in [6.07, 6.45) is 10.5. The lowest BCUT2D eigenvalue weighted by Crippen LogP contribution is -2.46. The van der Waals surface area contributed by atoms with Crippen LogP contribution in [0.15, 0.2) is 89.5 Å². The molecule has 5 heterocycles. The van der Waals surface area contributed by atoms with Crippen LogP contribution in [0.4, 0.5) is 17.1 Å². The molecule has 6 aromatic rings. The van der Waals surface area contributed by atoms with Crippen molar-refractivity contribution >= 4 is 40.1 Å². The van der Waals surface area contributed by atoms with Crippen LogP contribution in [0.1, 0.15) is 86.0 Å². The minimum atomic E-state index is 0.0419. The van der Waals surface area contributed by atoms with Crippen molar-refractivity contribution in [1.82, 2.24) is 14.5 Å². The van der Waals surface area contributed by atoms with Gasteiger partial charge in [-0.2, -0.15) is 0 Å². The Labute approximate surface area is 389 Å². The average Bonchev–Trinajstić information content (AvgIpc) is 3.78. The summed E-state index contributed by atoms with van der Waals surface area (Å²) in [5.41, 5.74) is 12.2. The number of hydrogen-bond acceptors (Lipinski definition) is 9. The van der Waals surface area contributed by atoms with Crippen LogP contribution in [0.3, 0.4) is 0 Å². The van der Waals surface area contributed by atoms with Crippen LogP contribution in [-0.4, -0.2) is 86.1 Å². The molecule has 1 fully saturated rings. The molecule has 2 atom stereocenters. The molecule has 9 rings (SSSR count). The number of ether oxygens (including phenoxy) is 3. The van der Waals surface area contributed by atoms with Gasteiger partial charge >= 0.3 is 0 Å². The number of amides is 1. The first-order chi connectivity index (χ1) is 32.3. The third-order valence-electron chi connectivity index (χ3n) is 13.4. The summed E-state index contributed by atoms with van der Waals surface area (Å²) >= 11 is 0. The summed E-state index contributed by atoms with van der Waals surface area (Å²) in [7, 11) is 1.74. The number of nitrogens with zero attached hydrogens (tertiary/aromatic N) is 5. The number of carbonyl (C=O) groups is 1. The average molecular weight is 893 g/mol. The summed E-state index contributed by atoms with van der Waals surface area (Å²) < 4.78 is 28.6. The van der Waals surface area contributed by atoms with Crippen molar-refractivity contribution in [3.05, 3.63) is 119 Å². The van der Waals surface area contributed by atoms with E-state index in [1.54, 1.807) is 7.11 Å². The number of aromatic nitrogens is 3. The molecule has 12 nitrogen and oxygen atoms in total. The van der Waals surface area contributed by atoms with Crippen LogP contribution in [0.5, 0.6) is 11.5 Å². The molecular weight excluding hydrogens is 827 g/mol. The van der Waals surface area contributed by atoms with E-state index >= 15 is 0 Å². The zero-order valence-electron chi connectivity index (χ0n) is 39.4. The van der Waals surface area contributed by atoms with Crippen molar-refractivity contribution in [3.63, 3.8) is 0 Å². The first-order valence-electron chi connectivity index (χ1n) is 24.1. The molecule has 1 saturated heterocycles. The highest BCUT2D eigenvalue weighted by molar-refractivity contribution is 5.98. The van der Waals surface area contributed by atoms with Gasteiger partial charge in [-0.25, -0.2) is 9.51 Å². The molecule has 3 aliphatic heterocycles. The molecule has 0 radical (unpaired) electrons. The van der Waals surface area contributed by atoms with Crippen LogP contribution in [0, 0.1) is 13.8 Å². The van der Waals surface area contributed by atoms with Gasteiger partial charge in [-0.1, -0.05) is 49.4 Å². The van der Waals surface area contributed by atoms with Crippen LogP contribution < -0.4 is 29.7 Å². The highest BCUT2D eigenvalue weighted by atomic mass is 16.5. The first-order valence-corrected chi connectivity index (χ1v) is 24.1. The third-order valence-corrected chi connectivity index (χ3v) is 13.4. The predicted octanol–water partition coefficient (Wildman–Crippen LogP) is 9.55. The van der Waals surface area contributed by atoms with E-state index < -0.39 is 0 Å². The number of carbonyl (C=O) groups excluding carboxylic acids is 1. The second kappa shape index (κ2) is 20.6. The van der Waals surface area contributed by atoms with Crippen molar-refractivity contribution in [2.45, 2.75) is 91.3 Å². The van der Waals surface area contributed by atoms with E-state index in [0.29, 0.717) is 6.42 Å². The van der Waals surface area contributed by atoms with E-state index in [4.69, 9.17) is 23.7 Å². The van der Waals surface area contributed by atoms with Gasteiger partial charge in [0.1, 0.15) is 17.3 Å². The number of benzene rings is 4. The van der Waals surface area contributed by atoms with E-state index in [-0.39, 0.29) is 18.0 Å². The van der Waals surface area contributed by atoms with Crippen molar-refractivity contribution in [3.8, 4) is 22.6 Å². The number of morpholine rings is 1. The van der Waals surface area contributed by atoms with Crippen LogP contribution in [-0.2, 0) is 28.9 Å². The lowest BCUT2D eigenvalue weighted by atomic mass is 9.95. The monoisotopic (exact) mass is 893 g/mol. The second-order valence-corrected chi connectivity index (χ2v) is 18.1. The van der Waals surface area contributed by atoms with Crippen LogP contribution in [0.25, 0.3) is 28.2 Å². The van der Waals surface area contributed by atoms with Crippen LogP contribution >= 0.6 is 0 Å². The van der Waals surface area contributed by atoms with Gasteiger partial charge in [0.15, 0.2) is 5.76 Å². The maximum atomic E-state index is 12.3. The summed E-state index contributed by atoms with van der Waals surface area (Å²) in [5, 5.41) is 6.59. The van der Waals surface area contributed by atoms with Crippen molar-refractivity contribution in [1.29, 1.82) is 0 Å². The van der Waals surface area contributed by atoms with Gasteiger partial charge in [-0.05, 0) is 96.5 Å². The van der Waals surface area contributed by atoms with Crippen molar-refractivity contribution in [2.24, 2.45) is 0 Å². The molecule has 0 aliphatic carbocycles. The molecule has 0 saturated carbocycles. The highest BCUT2D eigenvalue weighted by Gasteiger charge is 2.38. The smallest absolute Gasteiger partial charge is 0.237 e. The Morgan fingerprint density at radius 2 is 1.77 bits per heavy atom. The number of imidazole rings is 1. The molecule has 3 aliphatic rings. The molecule has 0 spiro atoms. The third kappa shape index (κ3) is 10.00. The van der Waals surface area contributed by atoms with Gasteiger partial charge in [-0.3, -0.25) is 9.69 Å².